The van der Waals surface area contributed by atoms with Crippen molar-refractivity contribution >= 4 is 5.91 Å². The first-order valence-corrected chi connectivity index (χ1v) is 7.82. The Hall–Kier alpha value is -2.27. The van der Waals surface area contributed by atoms with E-state index in [0.29, 0.717) is 18.7 Å². The highest BCUT2D eigenvalue weighted by atomic mass is 16.5. The lowest BCUT2D eigenvalue weighted by atomic mass is 10.1. The maximum absolute atomic E-state index is 12.4. The molecule has 1 amide bonds. The first-order chi connectivity index (χ1) is 11.2. The molecule has 0 bridgehead atoms. The van der Waals surface area contributed by atoms with E-state index in [9.17, 15) is 9.90 Å². The molecule has 1 N–H and O–H groups in total. The van der Waals surface area contributed by atoms with Crippen LogP contribution in [0.3, 0.4) is 0 Å². The van der Waals surface area contributed by atoms with Crippen molar-refractivity contribution in [3.63, 3.8) is 0 Å². The number of phenols is 1. The van der Waals surface area contributed by atoms with Gasteiger partial charge in [0.1, 0.15) is 17.6 Å². The summed E-state index contributed by atoms with van der Waals surface area (Å²) in [5.74, 6) is 0.877. The maximum atomic E-state index is 12.4. The highest BCUT2D eigenvalue weighted by molar-refractivity contribution is 5.94. The predicted molar refractivity (Wildman–Crippen MR) is 86.1 cm³/mol. The summed E-state index contributed by atoms with van der Waals surface area (Å²) in [6.45, 7) is 1.23. The quantitative estimate of drug-likeness (QED) is 0.927. The second kappa shape index (κ2) is 6.87. The summed E-state index contributed by atoms with van der Waals surface area (Å²) in [6.07, 6.45) is 7.68. The largest absolute Gasteiger partial charge is 0.508 e. The first kappa shape index (κ1) is 15.6. The summed E-state index contributed by atoms with van der Waals surface area (Å²) in [4.78, 5) is 14.2. The number of allylic oxidation sites excluding steroid dienone is 1. The molecule has 23 heavy (non-hydrogen) atoms. The summed E-state index contributed by atoms with van der Waals surface area (Å²) in [5.41, 5.74) is 0.505. The van der Waals surface area contributed by atoms with E-state index in [1.165, 1.54) is 6.07 Å². The lowest BCUT2D eigenvalue weighted by Crippen LogP contribution is -2.30. The standard InChI is InChI=1S/C18H21NO4/c1-22-15-5-7-16(8-6-15)23-17-9-10-19(12-17)18(21)13-3-2-4-14(20)11-13/h2-5,7-8,11,15,17,20H,6,9-10,12H2,1H3/t15?,17-/m1/s1. The lowest BCUT2D eigenvalue weighted by molar-refractivity contribution is 0.0741. The van der Waals surface area contributed by atoms with E-state index in [1.54, 1.807) is 30.2 Å². The van der Waals surface area contributed by atoms with E-state index < -0.39 is 0 Å². The summed E-state index contributed by atoms with van der Waals surface area (Å²) in [5, 5.41) is 9.49. The third-order valence-corrected chi connectivity index (χ3v) is 4.16. The number of carbonyl (C=O) groups excluding carboxylic acids is 1. The van der Waals surface area contributed by atoms with Gasteiger partial charge in [0, 0.05) is 25.6 Å². The predicted octanol–water partition coefficient (Wildman–Crippen LogP) is 2.48. The van der Waals surface area contributed by atoms with Crippen molar-refractivity contribution in [2.75, 3.05) is 20.2 Å². The van der Waals surface area contributed by atoms with Crippen molar-refractivity contribution in [1.82, 2.24) is 4.90 Å². The fraction of sp³-hybridized carbons (Fsp3) is 0.389. The molecule has 1 heterocycles. The number of ether oxygens (including phenoxy) is 2. The minimum atomic E-state index is -0.0698. The molecule has 2 atom stereocenters. The second-order valence-corrected chi connectivity index (χ2v) is 5.81. The zero-order valence-corrected chi connectivity index (χ0v) is 13.1. The second-order valence-electron chi connectivity index (χ2n) is 5.81. The van der Waals surface area contributed by atoms with Gasteiger partial charge in [0.05, 0.1) is 12.6 Å². The van der Waals surface area contributed by atoms with Gasteiger partial charge in [-0.05, 0) is 36.8 Å². The van der Waals surface area contributed by atoms with Crippen LogP contribution in [-0.2, 0) is 9.47 Å². The van der Waals surface area contributed by atoms with Crippen LogP contribution in [0.2, 0.25) is 0 Å². The Kier molecular flexibility index (Phi) is 4.67. The van der Waals surface area contributed by atoms with Crippen LogP contribution in [0, 0.1) is 0 Å². The SMILES string of the molecule is COC1C=CC(O[C@@H]2CCN(C(=O)c3cccc(O)c3)C2)=CC1. The average Bonchev–Trinajstić information content (AvgIpc) is 3.03. The van der Waals surface area contributed by atoms with E-state index in [-0.39, 0.29) is 23.9 Å². The number of aromatic hydroxyl groups is 1. The number of phenolic OH excluding ortho intramolecular Hbond substituents is 1. The van der Waals surface area contributed by atoms with Gasteiger partial charge in [-0.3, -0.25) is 4.79 Å². The summed E-state index contributed by atoms with van der Waals surface area (Å²) in [6, 6.07) is 6.44. The molecule has 1 aromatic carbocycles. The van der Waals surface area contributed by atoms with Gasteiger partial charge in [0.15, 0.2) is 0 Å². The molecule has 0 radical (unpaired) electrons. The van der Waals surface area contributed by atoms with Crippen LogP contribution in [0.15, 0.2) is 48.3 Å². The van der Waals surface area contributed by atoms with Crippen LogP contribution in [-0.4, -0.2) is 48.3 Å². The van der Waals surface area contributed by atoms with Gasteiger partial charge in [-0.25, -0.2) is 0 Å². The molecule has 2 aliphatic rings. The van der Waals surface area contributed by atoms with Gasteiger partial charge >= 0.3 is 0 Å². The summed E-state index contributed by atoms with van der Waals surface area (Å²) >= 11 is 0. The van der Waals surface area contributed by atoms with E-state index in [4.69, 9.17) is 9.47 Å². The monoisotopic (exact) mass is 315 g/mol. The first-order valence-electron chi connectivity index (χ1n) is 7.82. The molecule has 5 heteroatoms. The van der Waals surface area contributed by atoms with Crippen LogP contribution in [0.5, 0.6) is 5.75 Å². The molecule has 0 saturated carbocycles. The van der Waals surface area contributed by atoms with Crippen molar-refractivity contribution in [2.45, 2.75) is 25.0 Å². The zero-order valence-electron chi connectivity index (χ0n) is 13.1. The number of amides is 1. The molecule has 1 unspecified atom stereocenters. The van der Waals surface area contributed by atoms with Crippen molar-refractivity contribution in [2.24, 2.45) is 0 Å². The molecule has 1 aliphatic carbocycles. The number of hydrogen-bond donors (Lipinski definition) is 1. The number of rotatable bonds is 4. The van der Waals surface area contributed by atoms with Crippen LogP contribution in [0.1, 0.15) is 23.2 Å². The maximum Gasteiger partial charge on any atom is 0.254 e. The molecule has 1 aliphatic heterocycles. The van der Waals surface area contributed by atoms with Gasteiger partial charge < -0.3 is 19.5 Å². The Bertz CT molecular complexity index is 638. The van der Waals surface area contributed by atoms with Gasteiger partial charge in [-0.2, -0.15) is 0 Å². The van der Waals surface area contributed by atoms with Gasteiger partial charge in [0.25, 0.3) is 5.91 Å². The average molecular weight is 315 g/mol. The van der Waals surface area contributed by atoms with Crippen LogP contribution in [0.4, 0.5) is 0 Å². The van der Waals surface area contributed by atoms with Gasteiger partial charge in [-0.1, -0.05) is 12.1 Å². The van der Waals surface area contributed by atoms with E-state index in [1.807, 2.05) is 18.2 Å². The molecule has 122 valence electrons. The molecule has 1 fully saturated rings. The van der Waals surface area contributed by atoms with Crippen LogP contribution < -0.4 is 0 Å². The molecular weight excluding hydrogens is 294 g/mol. The topological polar surface area (TPSA) is 59.0 Å². The molecule has 0 spiro atoms. The smallest absolute Gasteiger partial charge is 0.254 e. The Labute approximate surface area is 135 Å². The highest BCUT2D eigenvalue weighted by Gasteiger charge is 2.28. The Morgan fingerprint density at radius 1 is 1.39 bits per heavy atom. The molecule has 1 saturated heterocycles. The van der Waals surface area contributed by atoms with Gasteiger partial charge in [0.2, 0.25) is 0 Å². The highest BCUT2D eigenvalue weighted by Crippen LogP contribution is 2.22. The fourth-order valence-corrected chi connectivity index (χ4v) is 2.87. The van der Waals surface area contributed by atoms with Crippen molar-refractivity contribution < 1.29 is 19.4 Å². The van der Waals surface area contributed by atoms with Gasteiger partial charge in [-0.15, -0.1) is 0 Å². The zero-order chi connectivity index (χ0) is 16.2. The molecule has 5 nitrogen and oxygen atoms in total. The van der Waals surface area contributed by atoms with Crippen LogP contribution >= 0.6 is 0 Å². The fourth-order valence-electron chi connectivity index (χ4n) is 2.87. The van der Waals surface area contributed by atoms with E-state index >= 15 is 0 Å². The van der Waals surface area contributed by atoms with E-state index in [2.05, 4.69) is 0 Å². The minimum absolute atomic E-state index is 0.00579. The Morgan fingerprint density at radius 2 is 2.26 bits per heavy atom. The number of nitrogens with zero attached hydrogens (tertiary/aromatic N) is 1. The number of likely N-dealkylation sites (tertiary alicyclic amines) is 1. The third kappa shape index (κ3) is 3.74. The normalized spacial score (nSPS) is 23.7. The minimum Gasteiger partial charge on any atom is -0.508 e. The number of hydrogen-bond acceptors (Lipinski definition) is 4. The molecule has 3 rings (SSSR count). The lowest BCUT2D eigenvalue weighted by Gasteiger charge is -2.20. The van der Waals surface area contributed by atoms with Crippen molar-refractivity contribution in [3.8, 4) is 5.75 Å². The molecule has 0 aromatic heterocycles. The number of carbonyl (C=O) groups is 1. The van der Waals surface area contributed by atoms with Crippen molar-refractivity contribution in [1.29, 1.82) is 0 Å². The number of methoxy groups -OCH3 is 1. The molecular formula is C18H21NO4. The Balaban J connectivity index is 1.56. The third-order valence-electron chi connectivity index (χ3n) is 4.16. The van der Waals surface area contributed by atoms with E-state index in [0.717, 1.165) is 18.6 Å². The summed E-state index contributed by atoms with van der Waals surface area (Å²) < 4.78 is 11.2. The number of benzene rings is 1. The van der Waals surface area contributed by atoms with Crippen LogP contribution in [0.25, 0.3) is 0 Å². The molecule has 1 aromatic rings. The Morgan fingerprint density at radius 3 is 2.96 bits per heavy atom. The van der Waals surface area contributed by atoms with Crippen molar-refractivity contribution in [3.05, 3.63) is 53.8 Å². The summed E-state index contributed by atoms with van der Waals surface area (Å²) in [7, 11) is 1.69.